The first-order valence-electron chi connectivity index (χ1n) is 6.20. The van der Waals surface area contributed by atoms with Crippen molar-refractivity contribution in [1.82, 2.24) is 10.2 Å². The fraction of sp³-hybridized carbons (Fsp3) is 0.0667. The first kappa shape index (κ1) is 12.9. The fourth-order valence-electron chi connectivity index (χ4n) is 2.02. The summed E-state index contributed by atoms with van der Waals surface area (Å²) in [5.41, 5.74) is 1.87. The average molecular weight is 330 g/mol. The SMILES string of the molecule is O=C(Cc1ccc(Br)cc1)Nc1n[nH]c2ccccc12. The van der Waals surface area contributed by atoms with Gasteiger partial charge in [-0.3, -0.25) is 9.89 Å². The molecule has 1 aromatic heterocycles. The Morgan fingerprint density at radius 2 is 1.90 bits per heavy atom. The second-order valence-electron chi connectivity index (χ2n) is 4.47. The number of anilines is 1. The molecule has 0 unspecified atom stereocenters. The van der Waals surface area contributed by atoms with Crippen LogP contribution in [0, 0.1) is 0 Å². The van der Waals surface area contributed by atoms with Gasteiger partial charge in [-0.05, 0) is 29.8 Å². The molecule has 0 atom stereocenters. The van der Waals surface area contributed by atoms with Crippen LogP contribution in [0.5, 0.6) is 0 Å². The van der Waals surface area contributed by atoms with Crippen LogP contribution in [-0.4, -0.2) is 16.1 Å². The maximum Gasteiger partial charge on any atom is 0.230 e. The van der Waals surface area contributed by atoms with E-state index in [0.29, 0.717) is 12.2 Å². The largest absolute Gasteiger partial charge is 0.308 e. The molecule has 1 amide bonds. The van der Waals surface area contributed by atoms with Crippen molar-refractivity contribution in [2.24, 2.45) is 0 Å². The highest BCUT2D eigenvalue weighted by atomic mass is 79.9. The van der Waals surface area contributed by atoms with E-state index in [0.717, 1.165) is 20.9 Å². The molecule has 0 saturated heterocycles. The zero-order valence-corrected chi connectivity index (χ0v) is 12.1. The molecule has 3 rings (SSSR count). The maximum atomic E-state index is 12.0. The molecule has 3 aromatic rings. The number of aromatic amines is 1. The van der Waals surface area contributed by atoms with Crippen molar-refractivity contribution in [2.45, 2.75) is 6.42 Å². The molecule has 1 heterocycles. The monoisotopic (exact) mass is 329 g/mol. The van der Waals surface area contributed by atoms with Gasteiger partial charge in [0.05, 0.1) is 11.9 Å². The van der Waals surface area contributed by atoms with Crippen molar-refractivity contribution >= 4 is 38.6 Å². The number of nitrogens with zero attached hydrogens (tertiary/aromatic N) is 1. The Bertz CT molecular complexity index is 749. The smallest absolute Gasteiger partial charge is 0.230 e. The lowest BCUT2D eigenvalue weighted by Crippen LogP contribution is -2.14. The van der Waals surface area contributed by atoms with Gasteiger partial charge in [0.15, 0.2) is 5.82 Å². The van der Waals surface area contributed by atoms with Crippen LogP contribution in [0.15, 0.2) is 53.0 Å². The van der Waals surface area contributed by atoms with Gasteiger partial charge in [0.25, 0.3) is 0 Å². The predicted molar refractivity (Wildman–Crippen MR) is 82.6 cm³/mol. The standard InChI is InChI=1S/C15H12BrN3O/c16-11-7-5-10(6-8-11)9-14(20)17-15-12-3-1-2-4-13(12)18-19-15/h1-8H,9H2,(H2,17,18,19,20). The van der Waals surface area contributed by atoms with Crippen LogP contribution in [0.4, 0.5) is 5.82 Å². The van der Waals surface area contributed by atoms with Crippen LogP contribution in [0.25, 0.3) is 10.9 Å². The molecule has 0 bridgehead atoms. The van der Waals surface area contributed by atoms with Crippen molar-refractivity contribution in [3.8, 4) is 0 Å². The molecule has 2 aromatic carbocycles. The first-order chi connectivity index (χ1) is 9.72. The van der Waals surface area contributed by atoms with E-state index in [1.165, 1.54) is 0 Å². The molecule has 0 spiro atoms. The molecule has 0 saturated carbocycles. The minimum Gasteiger partial charge on any atom is -0.308 e. The Hall–Kier alpha value is -2.14. The summed E-state index contributed by atoms with van der Waals surface area (Å²) in [6.07, 6.45) is 0.328. The summed E-state index contributed by atoms with van der Waals surface area (Å²) in [5, 5.41) is 10.8. The molecular weight excluding hydrogens is 318 g/mol. The topological polar surface area (TPSA) is 57.8 Å². The van der Waals surface area contributed by atoms with Gasteiger partial charge in [0, 0.05) is 9.86 Å². The molecule has 0 radical (unpaired) electrons. The number of rotatable bonds is 3. The second-order valence-corrected chi connectivity index (χ2v) is 5.38. The van der Waals surface area contributed by atoms with E-state index in [4.69, 9.17) is 0 Å². The Kier molecular flexibility index (Phi) is 3.52. The number of aromatic nitrogens is 2. The van der Waals surface area contributed by atoms with Gasteiger partial charge in [-0.1, -0.05) is 40.2 Å². The summed E-state index contributed by atoms with van der Waals surface area (Å²) in [7, 11) is 0. The zero-order chi connectivity index (χ0) is 13.9. The fourth-order valence-corrected chi connectivity index (χ4v) is 2.29. The molecule has 20 heavy (non-hydrogen) atoms. The van der Waals surface area contributed by atoms with Crippen molar-refractivity contribution < 1.29 is 4.79 Å². The molecule has 4 nitrogen and oxygen atoms in total. The van der Waals surface area contributed by atoms with Crippen molar-refractivity contribution in [3.05, 3.63) is 58.6 Å². The van der Waals surface area contributed by atoms with Crippen LogP contribution in [0.2, 0.25) is 0 Å². The van der Waals surface area contributed by atoms with Gasteiger partial charge in [-0.2, -0.15) is 5.10 Å². The molecule has 0 aliphatic rings. The van der Waals surface area contributed by atoms with Gasteiger partial charge in [-0.25, -0.2) is 0 Å². The van der Waals surface area contributed by atoms with E-state index in [1.54, 1.807) is 0 Å². The Balaban J connectivity index is 1.74. The zero-order valence-electron chi connectivity index (χ0n) is 10.6. The molecule has 2 N–H and O–H groups in total. The van der Waals surface area contributed by atoms with Crippen LogP contribution >= 0.6 is 15.9 Å². The van der Waals surface area contributed by atoms with Gasteiger partial charge in [0.2, 0.25) is 5.91 Å². The van der Waals surface area contributed by atoms with E-state index in [-0.39, 0.29) is 5.91 Å². The lowest BCUT2D eigenvalue weighted by atomic mass is 10.1. The summed E-state index contributed by atoms with van der Waals surface area (Å²) in [6, 6.07) is 15.4. The number of carbonyl (C=O) groups is 1. The van der Waals surface area contributed by atoms with Crippen LogP contribution in [-0.2, 0) is 11.2 Å². The van der Waals surface area contributed by atoms with Gasteiger partial charge in [-0.15, -0.1) is 0 Å². The van der Waals surface area contributed by atoms with Crippen LogP contribution in [0.1, 0.15) is 5.56 Å². The van der Waals surface area contributed by atoms with Crippen LogP contribution in [0.3, 0.4) is 0 Å². The van der Waals surface area contributed by atoms with Crippen molar-refractivity contribution in [3.63, 3.8) is 0 Å². The van der Waals surface area contributed by atoms with E-state index in [1.807, 2.05) is 48.5 Å². The number of fused-ring (bicyclic) bond motifs is 1. The number of benzene rings is 2. The Labute approximate surface area is 124 Å². The molecule has 0 aliphatic carbocycles. The summed E-state index contributed by atoms with van der Waals surface area (Å²) >= 11 is 3.37. The third kappa shape index (κ3) is 2.72. The third-order valence-electron chi connectivity index (χ3n) is 3.01. The number of H-pyrrole nitrogens is 1. The van der Waals surface area contributed by atoms with E-state index < -0.39 is 0 Å². The quantitative estimate of drug-likeness (QED) is 0.772. The molecule has 100 valence electrons. The van der Waals surface area contributed by atoms with Crippen molar-refractivity contribution in [2.75, 3.05) is 5.32 Å². The maximum absolute atomic E-state index is 12.0. The van der Waals surface area contributed by atoms with E-state index >= 15 is 0 Å². The number of halogens is 1. The highest BCUT2D eigenvalue weighted by Crippen LogP contribution is 2.19. The molecule has 5 heteroatoms. The number of carbonyl (C=O) groups excluding carboxylic acids is 1. The normalized spacial score (nSPS) is 10.7. The summed E-state index contributed by atoms with van der Waals surface area (Å²) < 4.78 is 1.000. The second kappa shape index (κ2) is 5.46. The van der Waals surface area contributed by atoms with Gasteiger partial charge in [0.1, 0.15) is 0 Å². The molecular formula is C15H12BrN3O. The Morgan fingerprint density at radius 3 is 2.70 bits per heavy atom. The highest BCUT2D eigenvalue weighted by Gasteiger charge is 2.09. The van der Waals surface area contributed by atoms with Gasteiger partial charge >= 0.3 is 0 Å². The number of hydrogen-bond donors (Lipinski definition) is 2. The summed E-state index contributed by atoms with van der Waals surface area (Å²) in [5.74, 6) is 0.493. The van der Waals surface area contributed by atoms with Gasteiger partial charge < -0.3 is 5.32 Å². The molecule has 0 fully saturated rings. The van der Waals surface area contributed by atoms with E-state index in [2.05, 4.69) is 31.4 Å². The minimum atomic E-state index is -0.0791. The molecule has 0 aliphatic heterocycles. The Morgan fingerprint density at radius 1 is 1.15 bits per heavy atom. The number of para-hydroxylation sites is 1. The predicted octanol–water partition coefficient (Wildman–Crippen LogP) is 3.51. The summed E-state index contributed by atoms with van der Waals surface area (Å²) in [4.78, 5) is 12.0. The average Bonchev–Trinajstić information content (AvgIpc) is 2.85. The number of hydrogen-bond acceptors (Lipinski definition) is 2. The lowest BCUT2D eigenvalue weighted by molar-refractivity contribution is -0.115. The third-order valence-corrected chi connectivity index (χ3v) is 3.53. The first-order valence-corrected chi connectivity index (χ1v) is 6.99. The van der Waals surface area contributed by atoms with Crippen molar-refractivity contribution in [1.29, 1.82) is 0 Å². The minimum absolute atomic E-state index is 0.0791. The number of amides is 1. The van der Waals surface area contributed by atoms with Crippen LogP contribution < -0.4 is 5.32 Å². The highest BCUT2D eigenvalue weighted by molar-refractivity contribution is 9.10. The summed E-state index contributed by atoms with van der Waals surface area (Å²) in [6.45, 7) is 0. The number of nitrogens with one attached hydrogen (secondary N) is 2. The lowest BCUT2D eigenvalue weighted by Gasteiger charge is -2.03. The van der Waals surface area contributed by atoms with E-state index in [9.17, 15) is 4.79 Å².